The van der Waals surface area contributed by atoms with Crippen LogP contribution in [0.15, 0.2) is 60.7 Å². The van der Waals surface area contributed by atoms with Gasteiger partial charge in [-0.2, -0.15) is 5.10 Å². The number of nitrogens with zero attached hydrogens (tertiary/aromatic N) is 4. The predicted octanol–water partition coefficient (Wildman–Crippen LogP) is 4.27. The molecule has 0 saturated carbocycles. The minimum atomic E-state index is 0.0818. The first kappa shape index (κ1) is 21.3. The molecule has 2 aromatic carbocycles. The van der Waals surface area contributed by atoms with E-state index in [4.69, 9.17) is 0 Å². The van der Waals surface area contributed by atoms with Crippen LogP contribution in [0.1, 0.15) is 40.2 Å². The number of aromatic nitrogens is 2. The highest BCUT2D eigenvalue weighted by atomic mass is 16.2. The highest BCUT2D eigenvalue weighted by molar-refractivity contribution is 5.94. The van der Waals surface area contributed by atoms with Crippen molar-refractivity contribution in [3.8, 4) is 5.69 Å². The minimum absolute atomic E-state index is 0.0818. The van der Waals surface area contributed by atoms with Gasteiger partial charge in [0.1, 0.15) is 0 Å². The molecule has 1 aromatic heterocycles. The van der Waals surface area contributed by atoms with Gasteiger partial charge in [0.05, 0.1) is 11.4 Å². The van der Waals surface area contributed by atoms with Crippen molar-refractivity contribution in [1.29, 1.82) is 0 Å². The molecule has 4 rings (SSSR count). The van der Waals surface area contributed by atoms with Gasteiger partial charge in [-0.25, -0.2) is 4.68 Å². The van der Waals surface area contributed by atoms with Gasteiger partial charge in [0.15, 0.2) is 0 Å². The average molecular weight is 417 g/mol. The first-order chi connectivity index (χ1) is 15.0. The zero-order chi connectivity index (χ0) is 21.8. The van der Waals surface area contributed by atoms with Gasteiger partial charge >= 0.3 is 0 Å². The monoisotopic (exact) mass is 416 g/mol. The molecule has 5 nitrogen and oxygen atoms in total. The normalized spacial score (nSPS) is 16.9. The van der Waals surface area contributed by atoms with E-state index < -0.39 is 0 Å². The summed E-state index contributed by atoms with van der Waals surface area (Å²) in [6, 6.07) is 20.7. The predicted molar refractivity (Wildman–Crippen MR) is 125 cm³/mol. The second-order valence-electron chi connectivity index (χ2n) is 8.64. The van der Waals surface area contributed by atoms with Crippen LogP contribution in [0.25, 0.3) is 5.69 Å². The SMILES string of the molecule is Cc1cc(C)n(-c2cccc(C(=O)N(C)C3CCCN(CCc4ccccc4)C3)c2)n1. The standard InChI is InChI=1S/C26H32N4O/c1-20-17-21(2)30(27-20)24-12-7-11-23(18-24)26(31)28(3)25-13-8-15-29(19-25)16-14-22-9-5-4-6-10-22/h4-7,9-12,17-18,25H,8,13-16,19H2,1-3H3. The van der Waals surface area contributed by atoms with Gasteiger partial charge in [0.25, 0.3) is 5.91 Å². The fraction of sp³-hybridized carbons (Fsp3) is 0.385. The van der Waals surface area contributed by atoms with Crippen molar-refractivity contribution < 1.29 is 4.79 Å². The van der Waals surface area contributed by atoms with Crippen LogP contribution in [-0.2, 0) is 6.42 Å². The lowest BCUT2D eigenvalue weighted by Crippen LogP contribution is -2.49. The van der Waals surface area contributed by atoms with E-state index in [1.54, 1.807) is 0 Å². The molecule has 0 spiro atoms. The molecular weight excluding hydrogens is 384 g/mol. The van der Waals surface area contributed by atoms with Gasteiger partial charge < -0.3 is 9.80 Å². The highest BCUT2D eigenvalue weighted by Crippen LogP contribution is 2.20. The molecule has 0 N–H and O–H groups in total. The average Bonchev–Trinajstić information content (AvgIpc) is 3.15. The summed E-state index contributed by atoms with van der Waals surface area (Å²) < 4.78 is 1.90. The summed E-state index contributed by atoms with van der Waals surface area (Å²) in [5.74, 6) is 0.0818. The van der Waals surface area contributed by atoms with Gasteiger partial charge in [-0.3, -0.25) is 4.79 Å². The van der Waals surface area contributed by atoms with Crippen LogP contribution in [-0.4, -0.2) is 58.2 Å². The molecule has 0 radical (unpaired) electrons. The van der Waals surface area contributed by atoms with E-state index in [1.165, 1.54) is 5.56 Å². The third-order valence-electron chi connectivity index (χ3n) is 6.26. The Labute approximate surface area is 185 Å². The van der Waals surface area contributed by atoms with Crippen LogP contribution in [0.4, 0.5) is 0 Å². The summed E-state index contributed by atoms with van der Waals surface area (Å²) in [5.41, 5.74) is 5.06. The van der Waals surface area contributed by atoms with Crippen LogP contribution in [0.3, 0.4) is 0 Å². The quantitative estimate of drug-likeness (QED) is 0.603. The number of likely N-dealkylation sites (tertiary alicyclic amines) is 1. The lowest BCUT2D eigenvalue weighted by atomic mass is 10.0. The zero-order valence-corrected chi connectivity index (χ0v) is 18.8. The van der Waals surface area contributed by atoms with Crippen molar-refractivity contribution in [2.75, 3.05) is 26.7 Å². The fourth-order valence-corrected chi connectivity index (χ4v) is 4.51. The maximum Gasteiger partial charge on any atom is 0.253 e. The van der Waals surface area contributed by atoms with E-state index in [-0.39, 0.29) is 11.9 Å². The number of aryl methyl sites for hydroxylation is 2. The number of piperidine rings is 1. The number of hydrogen-bond donors (Lipinski definition) is 0. The molecule has 5 heteroatoms. The zero-order valence-electron chi connectivity index (χ0n) is 18.8. The van der Waals surface area contributed by atoms with Crippen LogP contribution in [0.5, 0.6) is 0 Å². The van der Waals surface area contributed by atoms with E-state index in [2.05, 4.69) is 40.3 Å². The number of likely N-dealkylation sites (N-methyl/N-ethyl adjacent to an activating group) is 1. The summed E-state index contributed by atoms with van der Waals surface area (Å²) in [6.45, 7) is 7.10. The van der Waals surface area contributed by atoms with Crippen molar-refractivity contribution in [2.24, 2.45) is 0 Å². The molecule has 31 heavy (non-hydrogen) atoms. The van der Waals surface area contributed by atoms with Gasteiger partial charge in [-0.05, 0) is 69.5 Å². The van der Waals surface area contributed by atoms with Gasteiger partial charge in [0.2, 0.25) is 0 Å². The number of carbonyl (C=O) groups is 1. The first-order valence-electron chi connectivity index (χ1n) is 11.2. The molecule has 1 saturated heterocycles. The number of carbonyl (C=O) groups excluding carboxylic acids is 1. The highest BCUT2D eigenvalue weighted by Gasteiger charge is 2.26. The molecule has 1 fully saturated rings. The summed E-state index contributed by atoms with van der Waals surface area (Å²) in [6.07, 6.45) is 3.24. The van der Waals surface area contributed by atoms with E-state index >= 15 is 0 Å². The number of hydrogen-bond acceptors (Lipinski definition) is 3. The molecule has 1 atom stereocenters. The van der Waals surface area contributed by atoms with Crippen molar-refractivity contribution in [3.05, 3.63) is 83.2 Å². The Kier molecular flexibility index (Phi) is 6.52. The van der Waals surface area contributed by atoms with Gasteiger partial charge in [-0.15, -0.1) is 0 Å². The summed E-state index contributed by atoms with van der Waals surface area (Å²) in [5, 5.41) is 4.56. The first-order valence-corrected chi connectivity index (χ1v) is 11.2. The Hall–Kier alpha value is -2.92. The van der Waals surface area contributed by atoms with Crippen molar-refractivity contribution in [3.63, 3.8) is 0 Å². The number of amides is 1. The van der Waals surface area contributed by atoms with Crippen molar-refractivity contribution in [2.45, 2.75) is 39.2 Å². The largest absolute Gasteiger partial charge is 0.337 e. The van der Waals surface area contributed by atoms with Gasteiger partial charge in [-0.1, -0.05) is 36.4 Å². The van der Waals surface area contributed by atoms with E-state index in [0.717, 1.165) is 56.0 Å². The molecule has 1 unspecified atom stereocenters. The van der Waals surface area contributed by atoms with Crippen molar-refractivity contribution in [1.82, 2.24) is 19.6 Å². The Balaban J connectivity index is 1.41. The molecule has 1 amide bonds. The van der Waals surface area contributed by atoms with E-state index in [0.29, 0.717) is 5.56 Å². The maximum absolute atomic E-state index is 13.3. The maximum atomic E-state index is 13.3. The fourth-order valence-electron chi connectivity index (χ4n) is 4.51. The summed E-state index contributed by atoms with van der Waals surface area (Å²) >= 11 is 0. The van der Waals surface area contributed by atoms with E-state index in [9.17, 15) is 4.79 Å². The topological polar surface area (TPSA) is 41.4 Å². The molecule has 0 bridgehead atoms. The third kappa shape index (κ3) is 5.05. The third-order valence-corrected chi connectivity index (χ3v) is 6.26. The Bertz CT molecular complexity index is 1030. The molecule has 1 aliphatic heterocycles. The van der Waals surface area contributed by atoms with Crippen molar-refractivity contribution >= 4 is 5.91 Å². The van der Waals surface area contributed by atoms with Crippen LogP contribution in [0.2, 0.25) is 0 Å². The lowest BCUT2D eigenvalue weighted by Gasteiger charge is -2.37. The van der Waals surface area contributed by atoms with Crippen LogP contribution < -0.4 is 0 Å². The number of benzene rings is 2. The summed E-state index contributed by atoms with van der Waals surface area (Å²) in [7, 11) is 1.95. The molecular formula is C26H32N4O. The Morgan fingerprint density at radius 3 is 2.65 bits per heavy atom. The van der Waals surface area contributed by atoms with Gasteiger partial charge in [0, 0.05) is 37.4 Å². The molecule has 0 aliphatic carbocycles. The Morgan fingerprint density at radius 2 is 1.90 bits per heavy atom. The van der Waals surface area contributed by atoms with E-state index in [1.807, 2.05) is 60.8 Å². The number of rotatable bonds is 6. The van der Waals surface area contributed by atoms with Crippen LogP contribution >= 0.6 is 0 Å². The molecule has 2 heterocycles. The molecule has 162 valence electrons. The second-order valence-corrected chi connectivity index (χ2v) is 8.64. The smallest absolute Gasteiger partial charge is 0.253 e. The van der Waals surface area contributed by atoms with Crippen LogP contribution in [0, 0.1) is 13.8 Å². The lowest BCUT2D eigenvalue weighted by molar-refractivity contribution is 0.0619. The second kappa shape index (κ2) is 9.48. The summed E-state index contributed by atoms with van der Waals surface area (Å²) in [4.78, 5) is 17.7. The molecule has 1 aliphatic rings. The molecule has 3 aromatic rings. The Morgan fingerprint density at radius 1 is 1.10 bits per heavy atom. The minimum Gasteiger partial charge on any atom is -0.337 e.